The summed E-state index contributed by atoms with van der Waals surface area (Å²) < 4.78 is 4.52. The summed E-state index contributed by atoms with van der Waals surface area (Å²) in [6.45, 7) is 0. The summed E-state index contributed by atoms with van der Waals surface area (Å²) in [4.78, 5) is 16.0. The molecule has 0 unspecified atom stereocenters. The highest BCUT2D eigenvalue weighted by molar-refractivity contribution is 6.10. The molecule has 0 saturated heterocycles. The third kappa shape index (κ3) is 5.98. The molecule has 62 heavy (non-hydrogen) atoms. The number of nitrogens with zero attached hydrogens (tertiary/aromatic N) is 5. The highest BCUT2D eigenvalue weighted by Crippen LogP contribution is 2.38. The molecule has 12 rings (SSSR count). The highest BCUT2D eigenvalue weighted by Gasteiger charge is 2.21. The molecule has 0 amide bonds. The van der Waals surface area contributed by atoms with Crippen LogP contribution in [-0.2, 0) is 0 Å². The molecule has 12 aromatic rings. The summed E-state index contributed by atoms with van der Waals surface area (Å²) in [5.74, 6) is 1.75. The molecule has 5 nitrogen and oxygen atoms in total. The molecule has 9 aromatic carbocycles. The first-order valence-corrected chi connectivity index (χ1v) is 20.9. The molecule has 0 aliphatic carbocycles. The Kier molecular flexibility index (Phi) is 8.42. The smallest absolute Gasteiger partial charge is 0.238 e. The molecular formula is C57H37N5. The summed E-state index contributed by atoms with van der Waals surface area (Å²) in [5.41, 5.74) is 14.1. The Balaban J connectivity index is 1.05. The lowest BCUT2D eigenvalue weighted by Crippen LogP contribution is -2.07. The molecule has 0 aliphatic rings. The van der Waals surface area contributed by atoms with Crippen molar-refractivity contribution in [2.24, 2.45) is 0 Å². The van der Waals surface area contributed by atoms with Gasteiger partial charge in [-0.15, -0.1) is 0 Å². The fourth-order valence-corrected chi connectivity index (χ4v) is 9.09. The number of aromatic nitrogens is 5. The van der Waals surface area contributed by atoms with Gasteiger partial charge in [0.15, 0.2) is 11.6 Å². The zero-order valence-corrected chi connectivity index (χ0v) is 33.6. The average molecular weight is 792 g/mol. The summed E-state index contributed by atoms with van der Waals surface area (Å²) in [7, 11) is 0. The Bertz CT molecular complexity index is 3460. The zero-order valence-electron chi connectivity index (χ0n) is 33.6. The summed E-state index contributed by atoms with van der Waals surface area (Å²) in [5, 5.41) is 4.69. The number of hydrogen-bond donors (Lipinski definition) is 0. The Morgan fingerprint density at radius 1 is 0.258 bits per heavy atom. The van der Waals surface area contributed by atoms with Gasteiger partial charge in [-0.2, -0.15) is 9.97 Å². The summed E-state index contributed by atoms with van der Waals surface area (Å²) >= 11 is 0. The average Bonchev–Trinajstić information content (AvgIpc) is 3.87. The van der Waals surface area contributed by atoms with Crippen LogP contribution in [0.2, 0.25) is 0 Å². The van der Waals surface area contributed by atoms with Gasteiger partial charge in [0, 0.05) is 32.7 Å². The van der Waals surface area contributed by atoms with Crippen LogP contribution in [-0.4, -0.2) is 24.1 Å². The van der Waals surface area contributed by atoms with Gasteiger partial charge in [-0.1, -0.05) is 170 Å². The van der Waals surface area contributed by atoms with Crippen LogP contribution in [0.5, 0.6) is 0 Å². The van der Waals surface area contributed by atoms with Crippen molar-refractivity contribution in [1.29, 1.82) is 0 Å². The van der Waals surface area contributed by atoms with E-state index in [0.29, 0.717) is 17.6 Å². The normalized spacial score (nSPS) is 11.5. The number of fused-ring (bicyclic) bond motifs is 6. The van der Waals surface area contributed by atoms with Gasteiger partial charge in [0.1, 0.15) is 0 Å². The molecule has 5 heteroatoms. The minimum Gasteiger partial charge on any atom is -0.309 e. The van der Waals surface area contributed by atoms with Crippen molar-refractivity contribution < 1.29 is 0 Å². The lowest BCUT2D eigenvalue weighted by molar-refractivity contribution is 0.951. The van der Waals surface area contributed by atoms with Crippen LogP contribution in [0.15, 0.2) is 224 Å². The standard InChI is InChI=1S/C57H37N5/c1-3-17-38(18-4-1)42-35-43(39-19-5-2-6-20-39)37-44(36-42)40-31-33-41(34-32-40)55-58-56(60-57(59-55)62-52-28-14-9-23-47(52)48-24-10-15-29-53(48)62)49-25-11-16-30-54(49)61-50-26-12-7-21-45(50)46-22-8-13-27-51(46)61/h1-37H. The fourth-order valence-electron chi connectivity index (χ4n) is 9.09. The first-order chi connectivity index (χ1) is 30.7. The number of benzene rings is 9. The van der Waals surface area contributed by atoms with E-state index in [1.54, 1.807) is 0 Å². The minimum atomic E-state index is 0.562. The molecule has 3 aromatic heterocycles. The Labute approximate surface area is 358 Å². The van der Waals surface area contributed by atoms with Gasteiger partial charge in [0.25, 0.3) is 0 Å². The van der Waals surface area contributed by atoms with Crippen molar-refractivity contribution in [3.8, 4) is 67.8 Å². The molecule has 290 valence electrons. The Hall–Kier alpha value is -8.41. The molecule has 0 bridgehead atoms. The van der Waals surface area contributed by atoms with Crippen molar-refractivity contribution in [3.05, 3.63) is 224 Å². The van der Waals surface area contributed by atoms with E-state index in [4.69, 9.17) is 15.0 Å². The van der Waals surface area contributed by atoms with Crippen LogP contribution in [0.4, 0.5) is 0 Å². The fraction of sp³-hybridized carbons (Fsp3) is 0. The minimum absolute atomic E-state index is 0.562. The van der Waals surface area contributed by atoms with Crippen LogP contribution in [0.25, 0.3) is 111 Å². The van der Waals surface area contributed by atoms with Gasteiger partial charge >= 0.3 is 0 Å². The van der Waals surface area contributed by atoms with Gasteiger partial charge in [-0.3, -0.25) is 4.57 Å². The summed E-state index contributed by atoms with van der Waals surface area (Å²) in [6.07, 6.45) is 0. The second-order valence-corrected chi connectivity index (χ2v) is 15.6. The van der Waals surface area contributed by atoms with E-state index in [1.165, 1.54) is 33.0 Å². The SMILES string of the molecule is c1ccc(-c2cc(-c3ccccc3)cc(-c3ccc(-c4nc(-c5ccccc5-n5c6ccccc6c6ccccc65)nc(-n5c6ccccc6c6ccccc65)n4)cc3)c2)cc1. The van der Waals surface area contributed by atoms with Gasteiger partial charge in [0.2, 0.25) is 5.95 Å². The summed E-state index contributed by atoms with van der Waals surface area (Å²) in [6, 6.07) is 79.3. The van der Waals surface area contributed by atoms with Crippen molar-refractivity contribution in [1.82, 2.24) is 24.1 Å². The monoisotopic (exact) mass is 791 g/mol. The van der Waals surface area contributed by atoms with Crippen LogP contribution >= 0.6 is 0 Å². The molecule has 0 aliphatic heterocycles. The van der Waals surface area contributed by atoms with E-state index < -0.39 is 0 Å². The molecule has 3 heterocycles. The molecule has 0 saturated carbocycles. The predicted octanol–water partition coefficient (Wildman–Crippen LogP) is 14.4. The van der Waals surface area contributed by atoms with E-state index in [0.717, 1.165) is 60.8 Å². The van der Waals surface area contributed by atoms with E-state index in [2.05, 4.69) is 234 Å². The highest BCUT2D eigenvalue weighted by atomic mass is 15.2. The quantitative estimate of drug-likeness (QED) is 0.162. The third-order valence-electron chi connectivity index (χ3n) is 12.0. The molecule has 0 fully saturated rings. The van der Waals surface area contributed by atoms with Crippen molar-refractivity contribution >= 4 is 43.6 Å². The van der Waals surface area contributed by atoms with Gasteiger partial charge in [0.05, 0.1) is 27.8 Å². The maximum atomic E-state index is 5.37. The van der Waals surface area contributed by atoms with E-state index in [9.17, 15) is 0 Å². The Morgan fingerprint density at radius 2 is 0.629 bits per heavy atom. The molecule has 0 atom stereocenters. The van der Waals surface area contributed by atoms with Crippen LogP contribution < -0.4 is 0 Å². The van der Waals surface area contributed by atoms with Crippen molar-refractivity contribution in [2.45, 2.75) is 0 Å². The number of hydrogen-bond acceptors (Lipinski definition) is 3. The van der Waals surface area contributed by atoms with Gasteiger partial charge < -0.3 is 4.57 Å². The van der Waals surface area contributed by atoms with Crippen molar-refractivity contribution in [3.63, 3.8) is 0 Å². The second-order valence-electron chi connectivity index (χ2n) is 15.6. The molecular weight excluding hydrogens is 755 g/mol. The third-order valence-corrected chi connectivity index (χ3v) is 12.0. The lowest BCUT2D eigenvalue weighted by Gasteiger charge is -2.15. The van der Waals surface area contributed by atoms with Crippen LogP contribution in [0, 0.1) is 0 Å². The maximum Gasteiger partial charge on any atom is 0.238 e. The van der Waals surface area contributed by atoms with Gasteiger partial charge in [-0.25, -0.2) is 4.98 Å². The molecule has 0 N–H and O–H groups in total. The zero-order chi connectivity index (χ0) is 41.0. The van der Waals surface area contributed by atoms with E-state index in [-0.39, 0.29) is 0 Å². The van der Waals surface area contributed by atoms with Gasteiger partial charge in [-0.05, 0) is 88.0 Å². The van der Waals surface area contributed by atoms with E-state index >= 15 is 0 Å². The largest absolute Gasteiger partial charge is 0.309 e. The topological polar surface area (TPSA) is 48.5 Å². The predicted molar refractivity (Wildman–Crippen MR) is 256 cm³/mol. The lowest BCUT2D eigenvalue weighted by atomic mass is 9.93. The van der Waals surface area contributed by atoms with Crippen LogP contribution in [0.1, 0.15) is 0 Å². The molecule has 0 radical (unpaired) electrons. The second kappa shape index (κ2) is 14.7. The molecule has 0 spiro atoms. The maximum absolute atomic E-state index is 5.37. The van der Waals surface area contributed by atoms with E-state index in [1.807, 2.05) is 0 Å². The van der Waals surface area contributed by atoms with Crippen LogP contribution in [0.3, 0.4) is 0 Å². The first kappa shape index (κ1) is 35.5. The first-order valence-electron chi connectivity index (χ1n) is 20.9. The van der Waals surface area contributed by atoms with Crippen molar-refractivity contribution in [2.75, 3.05) is 0 Å². The number of para-hydroxylation sites is 5. The number of rotatable bonds is 7. The Morgan fingerprint density at radius 3 is 1.13 bits per heavy atom.